The quantitative estimate of drug-likeness (QED) is 0.606. The van der Waals surface area contributed by atoms with Crippen LogP contribution in [0.4, 0.5) is 5.69 Å². The maximum absolute atomic E-state index is 12.5. The van der Waals surface area contributed by atoms with Gasteiger partial charge < -0.3 is 18.8 Å². The highest BCUT2D eigenvalue weighted by molar-refractivity contribution is 9.10. The molecule has 0 saturated heterocycles. The van der Waals surface area contributed by atoms with Crippen LogP contribution in [-0.4, -0.2) is 31.6 Å². The number of rotatable bonds is 8. The van der Waals surface area contributed by atoms with Crippen molar-refractivity contribution in [1.82, 2.24) is 0 Å². The summed E-state index contributed by atoms with van der Waals surface area (Å²) >= 11 is 3.09. The second-order valence-corrected chi connectivity index (χ2v) is 5.84. The number of benzene rings is 1. The Balaban J connectivity index is 2.04. The van der Waals surface area contributed by atoms with Crippen LogP contribution in [0.2, 0.25) is 0 Å². The van der Waals surface area contributed by atoms with Crippen LogP contribution >= 0.6 is 15.9 Å². The number of anilines is 1. The highest BCUT2D eigenvalue weighted by Crippen LogP contribution is 2.20. The van der Waals surface area contributed by atoms with Crippen LogP contribution in [0.5, 0.6) is 5.75 Å². The van der Waals surface area contributed by atoms with E-state index in [0.717, 1.165) is 0 Å². The standard InChI is InChI=1S/C18H17BrN2O5/c1-2-24-14-6-4-13(5-7-14)21(11-3-10-20)17(22)12-25-18(23)15-8-9-16(19)26-15/h4-9H,2-3,11-12H2,1H3. The van der Waals surface area contributed by atoms with E-state index in [1.165, 1.54) is 11.0 Å². The van der Waals surface area contributed by atoms with Gasteiger partial charge in [-0.05, 0) is 59.3 Å². The largest absolute Gasteiger partial charge is 0.494 e. The van der Waals surface area contributed by atoms with Crippen molar-refractivity contribution in [2.24, 2.45) is 0 Å². The summed E-state index contributed by atoms with van der Waals surface area (Å²) in [5, 5.41) is 8.82. The molecular formula is C18H17BrN2O5. The number of nitriles is 1. The Kier molecular flexibility index (Phi) is 7.24. The predicted octanol–water partition coefficient (Wildman–Crippen LogP) is 3.54. The van der Waals surface area contributed by atoms with Gasteiger partial charge in [0.25, 0.3) is 5.91 Å². The number of halogens is 1. The lowest BCUT2D eigenvalue weighted by Crippen LogP contribution is -2.35. The van der Waals surface area contributed by atoms with Crippen molar-refractivity contribution in [3.63, 3.8) is 0 Å². The zero-order chi connectivity index (χ0) is 18.9. The Morgan fingerprint density at radius 3 is 2.54 bits per heavy atom. The normalized spacial score (nSPS) is 10.0. The summed E-state index contributed by atoms with van der Waals surface area (Å²) in [7, 11) is 0. The zero-order valence-electron chi connectivity index (χ0n) is 14.1. The van der Waals surface area contributed by atoms with Crippen molar-refractivity contribution in [3.05, 3.63) is 46.8 Å². The maximum Gasteiger partial charge on any atom is 0.374 e. The molecular weight excluding hydrogens is 404 g/mol. The highest BCUT2D eigenvalue weighted by atomic mass is 79.9. The Bertz CT molecular complexity index is 795. The van der Waals surface area contributed by atoms with E-state index < -0.39 is 18.5 Å². The summed E-state index contributed by atoms with van der Waals surface area (Å²) in [5.41, 5.74) is 0.588. The first-order valence-corrected chi connectivity index (χ1v) is 8.67. The molecule has 1 amide bonds. The van der Waals surface area contributed by atoms with E-state index in [1.807, 2.05) is 13.0 Å². The predicted molar refractivity (Wildman–Crippen MR) is 96.9 cm³/mol. The van der Waals surface area contributed by atoms with E-state index in [4.69, 9.17) is 19.2 Å². The minimum atomic E-state index is -0.740. The van der Waals surface area contributed by atoms with E-state index >= 15 is 0 Å². The first kappa shape index (κ1) is 19.5. The molecule has 0 spiro atoms. The molecule has 2 rings (SSSR count). The van der Waals surface area contributed by atoms with Crippen LogP contribution in [0.15, 0.2) is 45.5 Å². The average Bonchev–Trinajstić information content (AvgIpc) is 3.08. The van der Waals surface area contributed by atoms with Gasteiger partial charge in [0.1, 0.15) is 5.75 Å². The summed E-state index contributed by atoms with van der Waals surface area (Å²) < 4.78 is 15.8. The number of carbonyl (C=O) groups is 2. The Hall–Kier alpha value is -2.79. The number of hydrogen-bond acceptors (Lipinski definition) is 6. The lowest BCUT2D eigenvalue weighted by atomic mass is 10.2. The molecule has 0 aliphatic heterocycles. The molecule has 0 aliphatic rings. The molecule has 0 unspecified atom stereocenters. The molecule has 1 heterocycles. The molecule has 0 atom stereocenters. The van der Waals surface area contributed by atoms with Crippen molar-refractivity contribution in [1.29, 1.82) is 5.26 Å². The molecule has 0 N–H and O–H groups in total. The number of esters is 1. The van der Waals surface area contributed by atoms with Crippen LogP contribution in [0.3, 0.4) is 0 Å². The van der Waals surface area contributed by atoms with Crippen LogP contribution in [0.25, 0.3) is 0 Å². The van der Waals surface area contributed by atoms with Crippen LogP contribution < -0.4 is 9.64 Å². The molecule has 7 nitrogen and oxygen atoms in total. The fourth-order valence-electron chi connectivity index (χ4n) is 2.15. The summed E-state index contributed by atoms with van der Waals surface area (Å²) in [4.78, 5) is 25.7. The first-order chi connectivity index (χ1) is 12.5. The van der Waals surface area contributed by atoms with Gasteiger partial charge in [-0.2, -0.15) is 5.26 Å². The third-order valence-electron chi connectivity index (χ3n) is 3.31. The summed E-state index contributed by atoms with van der Waals surface area (Å²) in [5.74, 6) is -0.507. The average molecular weight is 421 g/mol. The number of ether oxygens (including phenoxy) is 2. The third-order valence-corrected chi connectivity index (χ3v) is 3.73. The number of nitrogens with zero attached hydrogens (tertiary/aromatic N) is 2. The van der Waals surface area contributed by atoms with Gasteiger partial charge in [-0.3, -0.25) is 4.79 Å². The number of amides is 1. The smallest absolute Gasteiger partial charge is 0.374 e. The second-order valence-electron chi connectivity index (χ2n) is 5.06. The molecule has 0 bridgehead atoms. The topological polar surface area (TPSA) is 92.8 Å². The molecule has 1 aromatic carbocycles. The summed E-state index contributed by atoms with van der Waals surface area (Å²) in [6, 6.07) is 11.9. The number of hydrogen-bond donors (Lipinski definition) is 0. The molecule has 26 heavy (non-hydrogen) atoms. The highest BCUT2D eigenvalue weighted by Gasteiger charge is 2.19. The lowest BCUT2D eigenvalue weighted by molar-refractivity contribution is -0.121. The van der Waals surface area contributed by atoms with Crippen molar-refractivity contribution >= 4 is 33.5 Å². The minimum Gasteiger partial charge on any atom is -0.494 e. The summed E-state index contributed by atoms with van der Waals surface area (Å²) in [6.07, 6.45) is 0.151. The number of carbonyl (C=O) groups excluding carboxylic acids is 2. The first-order valence-electron chi connectivity index (χ1n) is 7.87. The van der Waals surface area contributed by atoms with E-state index in [9.17, 15) is 9.59 Å². The molecule has 8 heteroatoms. The van der Waals surface area contributed by atoms with Gasteiger partial charge in [0.2, 0.25) is 5.76 Å². The fraction of sp³-hybridized carbons (Fsp3) is 0.278. The Morgan fingerprint density at radius 2 is 1.96 bits per heavy atom. The van der Waals surface area contributed by atoms with Crippen LogP contribution in [0, 0.1) is 11.3 Å². The van der Waals surface area contributed by atoms with Gasteiger partial charge in [-0.15, -0.1) is 0 Å². The maximum atomic E-state index is 12.5. The van der Waals surface area contributed by atoms with Crippen LogP contribution in [-0.2, 0) is 9.53 Å². The van der Waals surface area contributed by atoms with E-state index in [-0.39, 0.29) is 18.7 Å². The van der Waals surface area contributed by atoms with Gasteiger partial charge >= 0.3 is 5.97 Å². The second kappa shape index (κ2) is 9.63. The van der Waals surface area contributed by atoms with Crippen molar-refractivity contribution in [3.8, 4) is 11.8 Å². The van der Waals surface area contributed by atoms with Crippen molar-refractivity contribution in [2.45, 2.75) is 13.3 Å². The van der Waals surface area contributed by atoms with E-state index in [2.05, 4.69) is 15.9 Å². The third kappa shape index (κ3) is 5.36. The molecule has 0 radical (unpaired) electrons. The Morgan fingerprint density at radius 1 is 1.23 bits per heavy atom. The SMILES string of the molecule is CCOc1ccc(N(CCC#N)C(=O)COC(=O)c2ccc(Br)o2)cc1. The fourth-order valence-corrected chi connectivity index (χ4v) is 2.46. The monoisotopic (exact) mass is 420 g/mol. The molecule has 136 valence electrons. The molecule has 0 aliphatic carbocycles. The van der Waals surface area contributed by atoms with Gasteiger partial charge in [0.05, 0.1) is 19.1 Å². The summed E-state index contributed by atoms with van der Waals surface area (Å²) in [6.45, 7) is 2.14. The number of furan rings is 1. The van der Waals surface area contributed by atoms with E-state index in [1.54, 1.807) is 30.3 Å². The van der Waals surface area contributed by atoms with Gasteiger partial charge in [0.15, 0.2) is 11.3 Å². The Labute approximate surface area is 159 Å². The lowest BCUT2D eigenvalue weighted by Gasteiger charge is -2.21. The van der Waals surface area contributed by atoms with Crippen molar-refractivity contribution in [2.75, 3.05) is 24.7 Å². The zero-order valence-corrected chi connectivity index (χ0v) is 15.7. The molecule has 2 aromatic rings. The van der Waals surface area contributed by atoms with Crippen molar-refractivity contribution < 1.29 is 23.5 Å². The molecule has 1 aromatic heterocycles. The molecule has 0 fully saturated rings. The van der Waals surface area contributed by atoms with Crippen LogP contribution in [0.1, 0.15) is 23.9 Å². The van der Waals surface area contributed by atoms with Gasteiger partial charge in [-0.1, -0.05) is 0 Å². The van der Waals surface area contributed by atoms with Gasteiger partial charge in [0, 0.05) is 12.2 Å². The van der Waals surface area contributed by atoms with Gasteiger partial charge in [-0.25, -0.2) is 4.79 Å². The molecule has 0 saturated carbocycles. The minimum absolute atomic E-state index is 0.00526. The van der Waals surface area contributed by atoms with E-state index in [0.29, 0.717) is 22.7 Å².